The van der Waals surface area contributed by atoms with Crippen LogP contribution in [0.4, 0.5) is 0 Å². The van der Waals surface area contributed by atoms with Crippen LogP contribution < -0.4 is 5.73 Å². The van der Waals surface area contributed by atoms with Gasteiger partial charge in [-0.25, -0.2) is 0 Å². The summed E-state index contributed by atoms with van der Waals surface area (Å²) in [6.45, 7) is 0.604. The van der Waals surface area contributed by atoms with E-state index in [2.05, 4.69) is 29.4 Å². The largest absolute Gasteiger partial charge is 0.361 e. The summed E-state index contributed by atoms with van der Waals surface area (Å²) in [5.41, 5.74) is 7.78. The van der Waals surface area contributed by atoms with Crippen LogP contribution in [0.25, 0.3) is 0 Å². The molecule has 0 aliphatic heterocycles. The zero-order chi connectivity index (χ0) is 11.2. The maximum absolute atomic E-state index is 5.45. The molecule has 0 aliphatic carbocycles. The number of nitrogens with two attached hydrogens (primary N) is 1. The molecular formula is C13H16N2O. The van der Waals surface area contributed by atoms with Gasteiger partial charge in [-0.3, -0.25) is 0 Å². The van der Waals surface area contributed by atoms with Crippen molar-refractivity contribution in [3.05, 3.63) is 53.4 Å². The maximum Gasteiger partial charge on any atom is 0.138 e. The predicted molar refractivity (Wildman–Crippen MR) is 63.1 cm³/mol. The summed E-state index contributed by atoms with van der Waals surface area (Å²) in [4.78, 5) is 0. The lowest BCUT2D eigenvalue weighted by molar-refractivity contribution is 0.378. The number of nitrogens with zero attached hydrogens (tertiary/aromatic N) is 1. The Morgan fingerprint density at radius 2 is 1.88 bits per heavy atom. The molecule has 84 valence electrons. The zero-order valence-corrected chi connectivity index (χ0v) is 9.23. The van der Waals surface area contributed by atoms with Crippen molar-refractivity contribution in [2.24, 2.45) is 5.73 Å². The molecular weight excluding hydrogens is 200 g/mol. The Balaban J connectivity index is 1.89. The van der Waals surface area contributed by atoms with E-state index in [1.54, 1.807) is 0 Å². The van der Waals surface area contributed by atoms with Crippen molar-refractivity contribution in [1.29, 1.82) is 0 Å². The third kappa shape index (κ3) is 2.94. The number of aryl methyl sites for hydroxylation is 2. The van der Waals surface area contributed by atoms with Gasteiger partial charge in [-0.1, -0.05) is 35.5 Å². The molecule has 0 fully saturated rings. The van der Waals surface area contributed by atoms with Gasteiger partial charge >= 0.3 is 0 Å². The van der Waals surface area contributed by atoms with Crippen molar-refractivity contribution in [2.45, 2.75) is 19.3 Å². The van der Waals surface area contributed by atoms with Crippen molar-refractivity contribution < 1.29 is 4.52 Å². The molecule has 1 heterocycles. The summed E-state index contributed by atoms with van der Waals surface area (Å²) in [7, 11) is 0. The van der Waals surface area contributed by atoms with Gasteiger partial charge in [0.25, 0.3) is 0 Å². The van der Waals surface area contributed by atoms with Crippen molar-refractivity contribution in [1.82, 2.24) is 5.16 Å². The molecule has 3 nitrogen and oxygen atoms in total. The van der Waals surface area contributed by atoms with E-state index in [1.165, 1.54) is 5.56 Å². The van der Waals surface area contributed by atoms with Crippen molar-refractivity contribution in [2.75, 3.05) is 6.54 Å². The minimum Gasteiger partial charge on any atom is -0.361 e. The highest BCUT2D eigenvalue weighted by Crippen LogP contribution is 2.08. The van der Waals surface area contributed by atoms with E-state index >= 15 is 0 Å². The van der Waals surface area contributed by atoms with Gasteiger partial charge < -0.3 is 10.3 Å². The average molecular weight is 216 g/mol. The van der Waals surface area contributed by atoms with Gasteiger partial charge in [0, 0.05) is 12.5 Å². The molecule has 0 amide bonds. The minimum absolute atomic E-state index is 0.604. The summed E-state index contributed by atoms with van der Waals surface area (Å²) in [6.07, 6.45) is 2.67. The molecule has 1 aromatic carbocycles. The Morgan fingerprint density at radius 3 is 2.62 bits per heavy atom. The predicted octanol–water partition coefficient (Wildman–Crippen LogP) is 1.96. The number of aromatic nitrogens is 1. The molecule has 3 heteroatoms. The lowest BCUT2D eigenvalue weighted by atomic mass is 10.1. The van der Waals surface area contributed by atoms with Gasteiger partial charge in [0.15, 0.2) is 0 Å². The SMILES string of the molecule is NCCc1cc(CCc2ccccc2)no1. The second-order valence-corrected chi connectivity index (χ2v) is 3.81. The summed E-state index contributed by atoms with van der Waals surface area (Å²) in [5.74, 6) is 0.880. The third-order valence-electron chi connectivity index (χ3n) is 2.51. The number of benzene rings is 1. The van der Waals surface area contributed by atoms with Crippen molar-refractivity contribution in [3.8, 4) is 0 Å². The highest BCUT2D eigenvalue weighted by atomic mass is 16.5. The second kappa shape index (κ2) is 5.47. The number of hydrogen-bond acceptors (Lipinski definition) is 3. The molecule has 16 heavy (non-hydrogen) atoms. The second-order valence-electron chi connectivity index (χ2n) is 3.81. The summed E-state index contributed by atoms with van der Waals surface area (Å²) in [6, 6.07) is 12.4. The van der Waals surface area contributed by atoms with Crippen molar-refractivity contribution >= 4 is 0 Å². The van der Waals surface area contributed by atoms with E-state index in [4.69, 9.17) is 10.3 Å². The third-order valence-corrected chi connectivity index (χ3v) is 2.51. The van der Waals surface area contributed by atoms with Gasteiger partial charge in [0.1, 0.15) is 5.76 Å². The summed E-state index contributed by atoms with van der Waals surface area (Å²) >= 11 is 0. The topological polar surface area (TPSA) is 52.0 Å². The van der Waals surface area contributed by atoms with Crippen molar-refractivity contribution in [3.63, 3.8) is 0 Å². The first kappa shape index (κ1) is 10.9. The average Bonchev–Trinajstić information content (AvgIpc) is 2.76. The Hall–Kier alpha value is -1.61. The van der Waals surface area contributed by atoms with Crippen LogP contribution in [0, 0.1) is 0 Å². The highest BCUT2D eigenvalue weighted by Gasteiger charge is 2.03. The lowest BCUT2D eigenvalue weighted by Crippen LogP contribution is -2.01. The fourth-order valence-electron chi connectivity index (χ4n) is 1.65. The molecule has 0 unspecified atom stereocenters. The Labute approximate surface area is 95.3 Å². The molecule has 0 radical (unpaired) electrons. The van der Waals surface area contributed by atoms with E-state index in [0.29, 0.717) is 6.54 Å². The molecule has 0 bridgehead atoms. The molecule has 0 saturated carbocycles. The van der Waals surface area contributed by atoms with E-state index < -0.39 is 0 Å². The maximum atomic E-state index is 5.45. The first-order valence-corrected chi connectivity index (χ1v) is 5.57. The van der Waals surface area contributed by atoms with E-state index in [-0.39, 0.29) is 0 Å². The van der Waals surface area contributed by atoms with Gasteiger partial charge in [-0.05, 0) is 24.9 Å². The molecule has 2 N–H and O–H groups in total. The fraction of sp³-hybridized carbons (Fsp3) is 0.308. The van der Waals surface area contributed by atoms with E-state index in [9.17, 15) is 0 Å². The van der Waals surface area contributed by atoms with Crippen LogP contribution in [0.3, 0.4) is 0 Å². The molecule has 0 atom stereocenters. The fourth-order valence-corrected chi connectivity index (χ4v) is 1.65. The normalized spacial score (nSPS) is 10.6. The molecule has 2 rings (SSSR count). The van der Waals surface area contributed by atoms with Crippen LogP contribution in [-0.4, -0.2) is 11.7 Å². The van der Waals surface area contributed by atoms with Crippen LogP contribution in [0.15, 0.2) is 40.9 Å². The Bertz CT molecular complexity index is 423. The highest BCUT2D eigenvalue weighted by molar-refractivity contribution is 5.16. The Kier molecular flexibility index (Phi) is 3.72. The van der Waals surface area contributed by atoms with Gasteiger partial charge in [-0.2, -0.15) is 0 Å². The smallest absolute Gasteiger partial charge is 0.138 e. The van der Waals surface area contributed by atoms with Crippen LogP contribution in [-0.2, 0) is 19.3 Å². The van der Waals surface area contributed by atoms with E-state index in [0.717, 1.165) is 30.7 Å². The van der Waals surface area contributed by atoms with Crippen LogP contribution in [0.2, 0.25) is 0 Å². The standard InChI is InChI=1S/C13H16N2O/c14-9-8-13-10-12(15-16-13)7-6-11-4-2-1-3-5-11/h1-5,10H,6-9,14H2. The zero-order valence-electron chi connectivity index (χ0n) is 9.23. The Morgan fingerprint density at radius 1 is 1.06 bits per heavy atom. The number of rotatable bonds is 5. The summed E-state index contributed by atoms with van der Waals surface area (Å²) < 4.78 is 5.16. The lowest BCUT2D eigenvalue weighted by Gasteiger charge is -1.96. The van der Waals surface area contributed by atoms with Crippen LogP contribution >= 0.6 is 0 Å². The molecule has 1 aromatic heterocycles. The summed E-state index contributed by atoms with van der Waals surface area (Å²) in [5, 5.41) is 4.02. The minimum atomic E-state index is 0.604. The van der Waals surface area contributed by atoms with E-state index in [1.807, 2.05) is 12.1 Å². The molecule has 2 aromatic rings. The van der Waals surface area contributed by atoms with Gasteiger partial charge in [0.2, 0.25) is 0 Å². The number of hydrogen-bond donors (Lipinski definition) is 1. The monoisotopic (exact) mass is 216 g/mol. The van der Waals surface area contributed by atoms with Crippen LogP contribution in [0.1, 0.15) is 17.0 Å². The van der Waals surface area contributed by atoms with Gasteiger partial charge in [0.05, 0.1) is 5.69 Å². The first-order valence-electron chi connectivity index (χ1n) is 5.57. The molecule has 0 saturated heterocycles. The van der Waals surface area contributed by atoms with Crippen LogP contribution in [0.5, 0.6) is 0 Å². The quantitative estimate of drug-likeness (QED) is 0.831. The van der Waals surface area contributed by atoms with Gasteiger partial charge in [-0.15, -0.1) is 0 Å². The molecule has 0 spiro atoms. The molecule has 0 aliphatic rings. The first-order chi connectivity index (χ1) is 7.88.